The number of para-hydroxylation sites is 1. The normalized spacial score (nSPS) is 12.4. The Morgan fingerprint density at radius 2 is 1.70 bits per heavy atom. The molecule has 0 aromatic heterocycles. The minimum atomic E-state index is -0.167. The second kappa shape index (κ2) is 8.82. The van der Waals surface area contributed by atoms with Crippen molar-refractivity contribution in [1.29, 1.82) is 0 Å². The molecular formula is C25H25N3O2. The standard InChI is InChI=1S/C25H25N3O2/c1-18(29)27-23-7-4-6-22(15-23)25(30)26-16-19-9-11-20(12-10-19)17-28-14-13-21-5-2-3-8-24(21)28/h2-12,15H,13-14,16-17H2,1H3,(H,26,30)(H,27,29). The first-order valence-corrected chi connectivity index (χ1v) is 10.1. The largest absolute Gasteiger partial charge is 0.367 e. The minimum absolute atomic E-state index is 0.162. The first-order valence-electron chi connectivity index (χ1n) is 10.1. The Balaban J connectivity index is 1.33. The molecule has 1 aliphatic heterocycles. The summed E-state index contributed by atoms with van der Waals surface area (Å²) in [4.78, 5) is 26.0. The predicted molar refractivity (Wildman–Crippen MR) is 120 cm³/mol. The molecule has 0 saturated carbocycles. The SMILES string of the molecule is CC(=O)Nc1cccc(C(=O)NCc2ccc(CN3CCc4ccccc43)cc2)c1. The molecule has 0 unspecified atom stereocenters. The first-order chi connectivity index (χ1) is 14.6. The van der Waals surface area contributed by atoms with E-state index in [2.05, 4.69) is 64.1 Å². The van der Waals surface area contributed by atoms with Gasteiger partial charge in [0.2, 0.25) is 5.91 Å². The van der Waals surface area contributed by atoms with Crippen molar-refractivity contribution in [3.05, 3.63) is 95.1 Å². The van der Waals surface area contributed by atoms with Gasteiger partial charge in [0.05, 0.1) is 0 Å². The van der Waals surface area contributed by atoms with E-state index in [1.165, 1.54) is 23.7 Å². The van der Waals surface area contributed by atoms with Crippen LogP contribution in [0.2, 0.25) is 0 Å². The maximum atomic E-state index is 12.4. The van der Waals surface area contributed by atoms with Gasteiger partial charge in [-0.25, -0.2) is 0 Å². The summed E-state index contributed by atoms with van der Waals surface area (Å²) in [5.41, 5.74) is 6.18. The number of benzene rings is 3. The van der Waals surface area contributed by atoms with E-state index in [9.17, 15) is 9.59 Å². The number of nitrogens with one attached hydrogen (secondary N) is 2. The molecule has 2 N–H and O–H groups in total. The van der Waals surface area contributed by atoms with E-state index in [0.29, 0.717) is 17.8 Å². The van der Waals surface area contributed by atoms with E-state index in [1.54, 1.807) is 24.3 Å². The van der Waals surface area contributed by atoms with Crippen molar-refractivity contribution in [3.63, 3.8) is 0 Å². The Morgan fingerprint density at radius 3 is 2.50 bits per heavy atom. The molecule has 0 spiro atoms. The molecule has 3 aromatic carbocycles. The number of fused-ring (bicyclic) bond motifs is 1. The number of carbonyl (C=O) groups excluding carboxylic acids is 2. The van der Waals surface area contributed by atoms with Gasteiger partial charge in [-0.15, -0.1) is 0 Å². The van der Waals surface area contributed by atoms with Crippen LogP contribution in [0.4, 0.5) is 11.4 Å². The number of hydrogen-bond donors (Lipinski definition) is 2. The van der Waals surface area contributed by atoms with Crippen molar-refractivity contribution in [3.8, 4) is 0 Å². The molecule has 0 saturated heterocycles. The Hall–Kier alpha value is -3.60. The van der Waals surface area contributed by atoms with E-state index in [1.807, 2.05) is 0 Å². The van der Waals surface area contributed by atoms with Crippen molar-refractivity contribution in [2.75, 3.05) is 16.8 Å². The molecule has 0 aliphatic carbocycles. The van der Waals surface area contributed by atoms with Gasteiger partial charge >= 0.3 is 0 Å². The zero-order chi connectivity index (χ0) is 20.9. The van der Waals surface area contributed by atoms with Gasteiger partial charge in [0.15, 0.2) is 0 Å². The maximum Gasteiger partial charge on any atom is 0.251 e. The maximum absolute atomic E-state index is 12.4. The number of rotatable bonds is 6. The van der Waals surface area contributed by atoms with Crippen LogP contribution in [-0.2, 0) is 24.3 Å². The number of carbonyl (C=O) groups is 2. The average Bonchev–Trinajstić information content (AvgIpc) is 3.16. The van der Waals surface area contributed by atoms with E-state index in [0.717, 1.165) is 25.1 Å². The van der Waals surface area contributed by atoms with Crippen molar-refractivity contribution in [1.82, 2.24) is 5.32 Å². The third-order valence-corrected chi connectivity index (χ3v) is 5.28. The summed E-state index contributed by atoms with van der Waals surface area (Å²) < 4.78 is 0. The molecule has 5 nitrogen and oxygen atoms in total. The summed E-state index contributed by atoms with van der Waals surface area (Å²) in [6, 6.07) is 23.9. The summed E-state index contributed by atoms with van der Waals surface area (Å²) in [5.74, 6) is -0.329. The lowest BCUT2D eigenvalue weighted by atomic mass is 10.1. The van der Waals surface area contributed by atoms with Gasteiger partial charge in [-0.3, -0.25) is 9.59 Å². The highest BCUT2D eigenvalue weighted by atomic mass is 16.2. The molecule has 4 rings (SSSR count). The summed E-state index contributed by atoms with van der Waals surface area (Å²) in [7, 11) is 0. The lowest BCUT2D eigenvalue weighted by molar-refractivity contribution is -0.114. The molecule has 0 radical (unpaired) electrons. The van der Waals surface area contributed by atoms with Crippen LogP contribution < -0.4 is 15.5 Å². The lowest BCUT2D eigenvalue weighted by Crippen LogP contribution is -2.23. The highest BCUT2D eigenvalue weighted by Gasteiger charge is 2.18. The second-order valence-electron chi connectivity index (χ2n) is 7.56. The molecule has 2 amide bonds. The lowest BCUT2D eigenvalue weighted by Gasteiger charge is -2.19. The van der Waals surface area contributed by atoms with Gasteiger partial charge in [-0.2, -0.15) is 0 Å². The first kappa shape index (κ1) is 19.7. The van der Waals surface area contributed by atoms with Gasteiger partial charge in [0.25, 0.3) is 5.91 Å². The van der Waals surface area contributed by atoms with E-state index in [-0.39, 0.29) is 11.8 Å². The fraction of sp³-hybridized carbons (Fsp3) is 0.200. The molecule has 30 heavy (non-hydrogen) atoms. The fourth-order valence-corrected chi connectivity index (χ4v) is 3.78. The van der Waals surface area contributed by atoms with Crippen molar-refractivity contribution < 1.29 is 9.59 Å². The van der Waals surface area contributed by atoms with Crippen LogP contribution in [0.15, 0.2) is 72.8 Å². The van der Waals surface area contributed by atoms with Gasteiger partial charge in [-0.1, -0.05) is 48.5 Å². The number of anilines is 2. The van der Waals surface area contributed by atoms with E-state index in [4.69, 9.17) is 0 Å². The third kappa shape index (κ3) is 4.69. The summed E-state index contributed by atoms with van der Waals surface area (Å²) in [5, 5.41) is 5.63. The highest BCUT2D eigenvalue weighted by molar-refractivity contribution is 5.96. The van der Waals surface area contributed by atoms with E-state index >= 15 is 0 Å². The molecule has 1 heterocycles. The van der Waals surface area contributed by atoms with Gasteiger partial charge in [0, 0.05) is 43.5 Å². The molecule has 3 aromatic rings. The van der Waals surface area contributed by atoms with Crippen LogP contribution in [0, 0.1) is 0 Å². The fourth-order valence-electron chi connectivity index (χ4n) is 3.78. The van der Waals surface area contributed by atoms with Crippen LogP contribution in [0.1, 0.15) is 34.0 Å². The topological polar surface area (TPSA) is 61.4 Å². The van der Waals surface area contributed by atoms with Crippen LogP contribution in [0.25, 0.3) is 0 Å². The molecule has 0 fully saturated rings. The van der Waals surface area contributed by atoms with Crippen LogP contribution in [-0.4, -0.2) is 18.4 Å². The molecule has 5 heteroatoms. The molecule has 0 atom stereocenters. The summed E-state index contributed by atoms with van der Waals surface area (Å²) in [6.45, 7) is 3.84. The van der Waals surface area contributed by atoms with Crippen molar-refractivity contribution in [2.45, 2.75) is 26.4 Å². The average molecular weight is 399 g/mol. The van der Waals surface area contributed by atoms with Gasteiger partial charge in [-0.05, 0) is 47.4 Å². The van der Waals surface area contributed by atoms with Crippen LogP contribution in [0.3, 0.4) is 0 Å². The zero-order valence-electron chi connectivity index (χ0n) is 17.0. The van der Waals surface area contributed by atoms with Crippen LogP contribution in [0.5, 0.6) is 0 Å². The minimum Gasteiger partial charge on any atom is -0.367 e. The Morgan fingerprint density at radius 1 is 0.933 bits per heavy atom. The monoisotopic (exact) mass is 399 g/mol. The van der Waals surface area contributed by atoms with E-state index < -0.39 is 0 Å². The van der Waals surface area contributed by atoms with Crippen LogP contribution >= 0.6 is 0 Å². The van der Waals surface area contributed by atoms with Gasteiger partial charge in [0.1, 0.15) is 0 Å². The Bertz CT molecular complexity index is 1060. The zero-order valence-corrected chi connectivity index (χ0v) is 17.0. The molecular weight excluding hydrogens is 374 g/mol. The number of amides is 2. The van der Waals surface area contributed by atoms with Crippen molar-refractivity contribution >= 4 is 23.2 Å². The molecule has 152 valence electrons. The predicted octanol–water partition coefficient (Wildman–Crippen LogP) is 4.14. The quantitative estimate of drug-likeness (QED) is 0.655. The third-order valence-electron chi connectivity index (χ3n) is 5.28. The second-order valence-corrected chi connectivity index (χ2v) is 7.56. The Kier molecular flexibility index (Phi) is 5.80. The number of hydrogen-bond acceptors (Lipinski definition) is 3. The molecule has 0 bridgehead atoms. The molecule has 1 aliphatic rings. The van der Waals surface area contributed by atoms with Crippen molar-refractivity contribution in [2.24, 2.45) is 0 Å². The smallest absolute Gasteiger partial charge is 0.251 e. The summed E-state index contributed by atoms with van der Waals surface area (Å²) >= 11 is 0. The highest BCUT2D eigenvalue weighted by Crippen LogP contribution is 2.28. The number of nitrogens with zero attached hydrogens (tertiary/aromatic N) is 1. The Labute approximate surface area is 176 Å². The summed E-state index contributed by atoms with van der Waals surface area (Å²) in [6.07, 6.45) is 1.10. The van der Waals surface area contributed by atoms with Gasteiger partial charge < -0.3 is 15.5 Å².